The van der Waals surface area contributed by atoms with E-state index in [9.17, 15) is 9.50 Å². The summed E-state index contributed by atoms with van der Waals surface area (Å²) in [7, 11) is 0. The molecule has 0 aliphatic rings. The van der Waals surface area contributed by atoms with Crippen LogP contribution in [0.3, 0.4) is 0 Å². The van der Waals surface area contributed by atoms with E-state index in [2.05, 4.69) is 15.9 Å². The minimum absolute atomic E-state index is 0.108. The number of hydrogen-bond acceptors (Lipinski definition) is 3. The van der Waals surface area contributed by atoms with E-state index >= 15 is 0 Å². The van der Waals surface area contributed by atoms with Gasteiger partial charge < -0.3 is 15.9 Å². The van der Waals surface area contributed by atoms with Crippen molar-refractivity contribution in [1.82, 2.24) is 0 Å². The highest BCUT2D eigenvalue weighted by Gasteiger charge is 2.17. The van der Waals surface area contributed by atoms with Crippen LogP contribution < -0.4 is 5.73 Å². The molecular formula is C9H11BrFNO2. The molecule has 14 heavy (non-hydrogen) atoms. The van der Waals surface area contributed by atoms with E-state index in [4.69, 9.17) is 10.8 Å². The monoisotopic (exact) mass is 263 g/mol. The van der Waals surface area contributed by atoms with Gasteiger partial charge in [0.05, 0.1) is 0 Å². The third kappa shape index (κ3) is 2.23. The van der Waals surface area contributed by atoms with Crippen LogP contribution >= 0.6 is 15.9 Å². The second kappa shape index (κ2) is 4.72. The summed E-state index contributed by atoms with van der Waals surface area (Å²) in [5, 5.41) is 18.1. The third-order valence-corrected chi connectivity index (χ3v) is 2.62. The summed E-state index contributed by atoms with van der Waals surface area (Å²) in [5.41, 5.74) is 5.95. The summed E-state index contributed by atoms with van der Waals surface area (Å²) in [6.45, 7) is -0.108. The molecule has 0 aliphatic heterocycles. The Morgan fingerprint density at radius 2 is 2.14 bits per heavy atom. The molecule has 1 rings (SSSR count). The summed E-state index contributed by atoms with van der Waals surface area (Å²) in [6, 6.07) is 2.04. The van der Waals surface area contributed by atoms with Crippen molar-refractivity contribution in [3.8, 4) is 5.75 Å². The van der Waals surface area contributed by atoms with Crippen molar-refractivity contribution in [3.63, 3.8) is 0 Å². The third-order valence-electron chi connectivity index (χ3n) is 1.93. The van der Waals surface area contributed by atoms with Crippen LogP contribution in [0.1, 0.15) is 18.0 Å². The van der Waals surface area contributed by atoms with Gasteiger partial charge in [0, 0.05) is 22.7 Å². The van der Waals surface area contributed by atoms with Crippen molar-refractivity contribution >= 4 is 15.9 Å². The van der Waals surface area contributed by atoms with Gasteiger partial charge in [-0.1, -0.05) is 15.9 Å². The van der Waals surface area contributed by atoms with Crippen molar-refractivity contribution in [3.05, 3.63) is 28.0 Å². The predicted octanol–water partition coefficient (Wildman–Crippen LogP) is 1.68. The lowest BCUT2D eigenvalue weighted by molar-refractivity contribution is 0.275. The van der Waals surface area contributed by atoms with E-state index in [1.54, 1.807) is 0 Å². The van der Waals surface area contributed by atoms with Gasteiger partial charge in [0.1, 0.15) is 0 Å². The van der Waals surface area contributed by atoms with Crippen LogP contribution in [0.4, 0.5) is 4.39 Å². The van der Waals surface area contributed by atoms with Crippen LogP contribution in [0, 0.1) is 5.82 Å². The van der Waals surface area contributed by atoms with Crippen molar-refractivity contribution < 1.29 is 14.6 Å². The minimum Gasteiger partial charge on any atom is -0.505 e. The average molecular weight is 264 g/mol. The fraction of sp³-hybridized carbons (Fsp3) is 0.333. The molecule has 78 valence electrons. The zero-order valence-corrected chi connectivity index (χ0v) is 8.96. The minimum atomic E-state index is -0.711. The Kier molecular flexibility index (Phi) is 3.86. The lowest BCUT2D eigenvalue weighted by Crippen LogP contribution is -2.13. The lowest BCUT2D eigenvalue weighted by atomic mass is 10.0. The second-order valence-electron chi connectivity index (χ2n) is 2.91. The number of benzene rings is 1. The molecule has 1 atom stereocenters. The molecule has 3 nitrogen and oxygen atoms in total. The van der Waals surface area contributed by atoms with Gasteiger partial charge in [0.15, 0.2) is 11.6 Å². The number of aromatic hydroxyl groups is 1. The normalized spacial score (nSPS) is 12.9. The van der Waals surface area contributed by atoms with Crippen LogP contribution in [0.25, 0.3) is 0 Å². The van der Waals surface area contributed by atoms with Gasteiger partial charge in [-0.2, -0.15) is 0 Å². The molecule has 0 heterocycles. The van der Waals surface area contributed by atoms with Crippen molar-refractivity contribution in [2.75, 3.05) is 6.61 Å². The molecule has 0 spiro atoms. The molecule has 0 saturated carbocycles. The zero-order chi connectivity index (χ0) is 10.7. The summed E-state index contributed by atoms with van der Waals surface area (Å²) in [6.07, 6.45) is 0.273. The molecule has 0 radical (unpaired) electrons. The summed E-state index contributed by atoms with van der Waals surface area (Å²) in [5.74, 6) is -1.17. The Morgan fingerprint density at radius 3 is 2.71 bits per heavy atom. The van der Waals surface area contributed by atoms with E-state index in [1.165, 1.54) is 6.07 Å². The fourth-order valence-corrected chi connectivity index (χ4v) is 1.81. The molecule has 5 heteroatoms. The number of halogens is 2. The maximum absolute atomic E-state index is 13.0. The molecule has 0 fully saturated rings. The van der Waals surface area contributed by atoms with Gasteiger partial charge in [0.25, 0.3) is 0 Å². The van der Waals surface area contributed by atoms with Crippen LogP contribution in [0.5, 0.6) is 5.75 Å². The maximum Gasteiger partial charge on any atom is 0.165 e. The second-order valence-corrected chi connectivity index (χ2v) is 3.76. The van der Waals surface area contributed by atoms with E-state index in [0.29, 0.717) is 10.0 Å². The first-order valence-electron chi connectivity index (χ1n) is 4.11. The first-order chi connectivity index (χ1) is 6.57. The Hall–Kier alpha value is -0.650. The highest BCUT2D eigenvalue weighted by molar-refractivity contribution is 9.10. The van der Waals surface area contributed by atoms with E-state index in [-0.39, 0.29) is 13.0 Å². The van der Waals surface area contributed by atoms with Crippen molar-refractivity contribution in [2.45, 2.75) is 12.5 Å². The van der Waals surface area contributed by atoms with E-state index in [0.717, 1.165) is 6.07 Å². The molecule has 1 aromatic carbocycles. The van der Waals surface area contributed by atoms with Gasteiger partial charge in [-0.05, 0) is 18.6 Å². The molecule has 1 aromatic rings. The molecule has 0 aromatic heterocycles. The number of aliphatic hydroxyl groups is 1. The number of phenolic OH excluding ortho intramolecular Hbond substituents is 1. The SMILES string of the molecule is N[C@@H](CCO)c1c(Br)ccc(F)c1O. The standard InChI is InChI=1S/C9H11BrFNO2/c10-5-1-2-6(11)9(14)8(5)7(12)3-4-13/h1-2,7,13-14H,3-4,12H2/t7-/m0/s1. The number of rotatable bonds is 3. The molecule has 0 aliphatic carbocycles. The Balaban J connectivity index is 3.11. The number of nitrogens with two attached hydrogens (primary N) is 1. The Bertz CT molecular complexity index is 333. The largest absolute Gasteiger partial charge is 0.505 e. The molecule has 0 amide bonds. The van der Waals surface area contributed by atoms with Crippen LogP contribution in [0.2, 0.25) is 0 Å². The quantitative estimate of drug-likeness (QED) is 0.778. The van der Waals surface area contributed by atoms with Gasteiger partial charge in [0.2, 0.25) is 0 Å². The number of aliphatic hydroxyl groups excluding tert-OH is 1. The Morgan fingerprint density at radius 1 is 1.50 bits per heavy atom. The highest BCUT2D eigenvalue weighted by Crippen LogP contribution is 2.33. The van der Waals surface area contributed by atoms with Crippen LogP contribution in [0.15, 0.2) is 16.6 Å². The molecule has 0 unspecified atom stereocenters. The van der Waals surface area contributed by atoms with E-state index in [1.807, 2.05) is 0 Å². The van der Waals surface area contributed by atoms with Gasteiger partial charge >= 0.3 is 0 Å². The van der Waals surface area contributed by atoms with Crippen molar-refractivity contribution in [1.29, 1.82) is 0 Å². The lowest BCUT2D eigenvalue weighted by Gasteiger charge is -2.14. The van der Waals surface area contributed by atoms with Crippen molar-refractivity contribution in [2.24, 2.45) is 5.73 Å². The summed E-state index contributed by atoms with van der Waals surface area (Å²) < 4.78 is 13.5. The summed E-state index contributed by atoms with van der Waals surface area (Å²) in [4.78, 5) is 0. The predicted molar refractivity (Wildman–Crippen MR) is 54.4 cm³/mol. The van der Waals surface area contributed by atoms with E-state index < -0.39 is 17.6 Å². The molecule has 0 bridgehead atoms. The highest BCUT2D eigenvalue weighted by atomic mass is 79.9. The number of phenols is 1. The topological polar surface area (TPSA) is 66.5 Å². The first kappa shape index (κ1) is 11.4. The number of hydrogen-bond donors (Lipinski definition) is 3. The average Bonchev–Trinajstić information content (AvgIpc) is 2.13. The molecular weight excluding hydrogens is 253 g/mol. The fourth-order valence-electron chi connectivity index (χ4n) is 1.19. The first-order valence-corrected chi connectivity index (χ1v) is 4.90. The van der Waals surface area contributed by atoms with Gasteiger partial charge in [-0.15, -0.1) is 0 Å². The van der Waals surface area contributed by atoms with Gasteiger partial charge in [-0.25, -0.2) is 4.39 Å². The van der Waals surface area contributed by atoms with Crippen LogP contribution in [-0.2, 0) is 0 Å². The summed E-state index contributed by atoms with van der Waals surface area (Å²) >= 11 is 3.16. The Labute approximate surface area is 89.5 Å². The molecule has 0 saturated heterocycles. The zero-order valence-electron chi connectivity index (χ0n) is 7.37. The smallest absolute Gasteiger partial charge is 0.165 e. The maximum atomic E-state index is 13.0. The molecule has 4 N–H and O–H groups in total. The van der Waals surface area contributed by atoms with Crippen LogP contribution in [-0.4, -0.2) is 16.8 Å². The van der Waals surface area contributed by atoms with Gasteiger partial charge in [-0.3, -0.25) is 0 Å².